The molecule has 0 atom stereocenters. The van der Waals surface area contributed by atoms with Crippen LogP contribution in [0.25, 0.3) is 263 Å². The van der Waals surface area contributed by atoms with E-state index in [9.17, 15) is 0 Å². The standard InChI is InChI=1S/C38H25NS.2C32H20OS.C32H20S2/c1-4-14-26(15-5-1)29-24-25-34-35(32-22-12-13-23-33(32)39(34)28-18-8-3-9-19-28)36(29)38-31-21-11-10-20-30(31)37(40-38)27-16-6-2-7-17-27;1-3-11-21(12-4-1)26-20-30-27(23-15-9-10-18-29(23)33-30)19-28(26)32-25-17-8-7-16-24(25)31(34-32)22-13-5-2-6-14-22;2*1-3-11-21(12-4-1)23-19-20-28-29(26-17-9-10-18-27(26)33-28)30(23)32-25-16-8-7-15-24(25)31(34-32)22-13-5-2-6-14-22/h1-25H;3*1-20H. The maximum atomic E-state index is 6.31. The van der Waals surface area contributed by atoms with Crippen LogP contribution < -0.4 is 0 Å². The summed E-state index contributed by atoms with van der Waals surface area (Å²) in [5.74, 6) is 0. The largest absolute Gasteiger partial charge is 0.456 e. The molecule has 8 heterocycles. The molecule has 0 saturated carbocycles. The summed E-state index contributed by atoms with van der Waals surface area (Å²) in [4.78, 5) is 10.5. The highest BCUT2D eigenvalue weighted by atomic mass is 32.1. The Kier molecular flexibility index (Phi) is 22.3. The van der Waals surface area contributed by atoms with Crippen LogP contribution in [0.2, 0.25) is 0 Å². The number of benzene rings is 21. The molecular weight excluding hydrogens is 1820 g/mol. The Balaban J connectivity index is 0.0000000972. The number of nitrogens with zero attached hydrogens (tertiary/aromatic N) is 1. The highest BCUT2D eigenvalue weighted by molar-refractivity contribution is 7.26. The molecule has 29 rings (SSSR count). The van der Waals surface area contributed by atoms with Crippen LogP contribution in [0.15, 0.2) is 524 Å². The smallest absolute Gasteiger partial charge is 0.136 e. The van der Waals surface area contributed by atoms with Crippen molar-refractivity contribution in [3.8, 4) is 134 Å². The Morgan fingerprint density at radius 1 is 0.148 bits per heavy atom. The van der Waals surface area contributed by atoms with Gasteiger partial charge in [-0.15, -0.1) is 56.7 Å². The maximum Gasteiger partial charge on any atom is 0.136 e. The van der Waals surface area contributed by atoms with Crippen molar-refractivity contribution in [3.63, 3.8) is 0 Å². The molecule has 0 aliphatic heterocycles. The lowest BCUT2D eigenvalue weighted by atomic mass is 9.92. The lowest BCUT2D eigenvalue weighted by molar-refractivity contribution is 0.668. The minimum absolute atomic E-state index is 0.924. The normalized spacial score (nSPS) is 11.5. The van der Waals surface area contributed by atoms with E-state index in [1.54, 1.807) is 0 Å². The Bertz CT molecular complexity index is 9490. The van der Waals surface area contributed by atoms with Crippen molar-refractivity contribution in [1.29, 1.82) is 0 Å². The van der Waals surface area contributed by atoms with E-state index < -0.39 is 0 Å². The molecule has 0 spiro atoms. The van der Waals surface area contributed by atoms with Crippen LogP contribution in [-0.2, 0) is 0 Å². The summed E-state index contributed by atoms with van der Waals surface area (Å²) in [5.41, 5.74) is 27.4. The molecule has 29 aromatic rings. The molecule has 0 N–H and O–H groups in total. The molecule has 0 fully saturated rings. The van der Waals surface area contributed by atoms with Gasteiger partial charge in [0.2, 0.25) is 0 Å². The fourth-order valence-corrected chi connectivity index (χ4v) is 27.5. The molecule has 0 saturated heterocycles. The van der Waals surface area contributed by atoms with E-state index in [-0.39, 0.29) is 0 Å². The van der Waals surface area contributed by atoms with Crippen molar-refractivity contribution in [2.75, 3.05) is 0 Å². The van der Waals surface area contributed by atoms with Gasteiger partial charge in [0.1, 0.15) is 22.3 Å². The summed E-state index contributed by atoms with van der Waals surface area (Å²) in [7, 11) is 0. The molecule has 8 heteroatoms. The van der Waals surface area contributed by atoms with Crippen molar-refractivity contribution >= 4 is 186 Å². The number of fused-ring (bicyclic) bond motifs is 16. The van der Waals surface area contributed by atoms with Crippen LogP contribution >= 0.6 is 56.7 Å². The quantitative estimate of drug-likeness (QED) is 0.115. The fraction of sp³-hybridized carbons (Fsp3) is 0. The van der Waals surface area contributed by atoms with E-state index >= 15 is 0 Å². The van der Waals surface area contributed by atoms with E-state index in [0.717, 1.165) is 38.5 Å². The summed E-state index contributed by atoms with van der Waals surface area (Å²) in [6.07, 6.45) is 0. The average Bonchev–Trinajstić information content (AvgIpc) is 1.65. The molecule has 0 amide bonds. The third-order valence-corrected chi connectivity index (χ3v) is 33.7. The van der Waals surface area contributed by atoms with Crippen LogP contribution in [0.3, 0.4) is 0 Å². The zero-order valence-electron chi connectivity index (χ0n) is 76.9. The van der Waals surface area contributed by atoms with Gasteiger partial charge in [0.25, 0.3) is 0 Å². The van der Waals surface area contributed by atoms with Gasteiger partial charge < -0.3 is 13.4 Å². The SMILES string of the molecule is c1ccc(-c2cc3oc4ccccc4c3cc2-c2sc(-c3ccccc3)c3ccccc23)cc1.c1ccc(-c2ccc3c(c2-c2sc(-c4ccccc4)c4ccccc24)c2ccccc2n3-c2ccccc2)cc1.c1ccc(-c2ccc3oc4ccccc4c3c2-c2sc(-c3ccccc3)c3ccccc23)cc1.c1ccc(-c2ccc3sc4ccccc4c3c2-c2sc(-c3ccccc3)c3ccccc23)cc1. The Morgan fingerprint density at radius 3 is 0.908 bits per heavy atom. The second kappa shape index (κ2) is 37.1. The van der Waals surface area contributed by atoms with E-state index in [1.807, 2.05) is 74.9 Å². The van der Waals surface area contributed by atoms with Gasteiger partial charge in [-0.3, -0.25) is 0 Å². The van der Waals surface area contributed by atoms with Crippen molar-refractivity contribution < 1.29 is 8.83 Å². The zero-order valence-corrected chi connectivity index (χ0v) is 81.0. The van der Waals surface area contributed by atoms with Crippen LogP contribution in [0.4, 0.5) is 0 Å². The van der Waals surface area contributed by atoms with Gasteiger partial charge in [-0.1, -0.05) is 443 Å². The number of furan rings is 2. The zero-order chi connectivity index (χ0) is 93.9. The summed E-state index contributed by atoms with van der Waals surface area (Å²) in [6, 6.07) is 184. The minimum atomic E-state index is 0.924. The van der Waals surface area contributed by atoms with Crippen LogP contribution in [-0.4, -0.2) is 4.57 Å². The first-order valence-electron chi connectivity index (χ1n) is 48.0. The van der Waals surface area contributed by atoms with Crippen molar-refractivity contribution in [2.45, 2.75) is 0 Å². The van der Waals surface area contributed by atoms with Gasteiger partial charge >= 0.3 is 0 Å². The Labute approximate surface area is 841 Å². The lowest BCUT2D eigenvalue weighted by Crippen LogP contribution is -1.93. The first-order valence-corrected chi connectivity index (χ1v) is 52.1. The first-order chi connectivity index (χ1) is 70.5. The summed E-state index contributed by atoms with van der Waals surface area (Å²) < 4.78 is 17.7. The van der Waals surface area contributed by atoms with E-state index in [2.05, 4.69) is 502 Å². The third kappa shape index (κ3) is 15.3. The van der Waals surface area contributed by atoms with Gasteiger partial charge in [0.05, 0.1) is 11.0 Å². The number of thiophene rings is 5. The van der Waals surface area contributed by atoms with E-state index in [4.69, 9.17) is 8.83 Å². The number of hydrogen-bond acceptors (Lipinski definition) is 7. The Hall–Kier alpha value is -16.9. The maximum absolute atomic E-state index is 6.31. The molecule has 142 heavy (non-hydrogen) atoms. The highest BCUT2D eigenvalue weighted by Crippen LogP contribution is 2.57. The summed E-state index contributed by atoms with van der Waals surface area (Å²) in [5, 5.41) is 20.3. The van der Waals surface area contributed by atoms with Crippen molar-refractivity contribution in [1.82, 2.24) is 4.57 Å². The molecule has 0 bridgehead atoms. The monoisotopic (exact) mass is 1900 g/mol. The Morgan fingerprint density at radius 2 is 0.458 bits per heavy atom. The van der Waals surface area contributed by atoms with Crippen LogP contribution in [0.5, 0.6) is 0 Å². The van der Waals surface area contributed by atoms with Crippen molar-refractivity contribution in [2.24, 2.45) is 0 Å². The molecule has 0 aliphatic rings. The van der Waals surface area contributed by atoms with E-state index in [0.29, 0.717) is 0 Å². The minimum Gasteiger partial charge on any atom is -0.456 e. The first kappa shape index (κ1) is 85.5. The highest BCUT2D eigenvalue weighted by Gasteiger charge is 2.29. The topological polar surface area (TPSA) is 31.2 Å². The number of rotatable bonds is 13. The predicted molar refractivity (Wildman–Crippen MR) is 614 cm³/mol. The summed E-state index contributed by atoms with van der Waals surface area (Å²) in [6.45, 7) is 0. The van der Waals surface area contributed by atoms with Gasteiger partial charge in [0.15, 0.2) is 0 Å². The van der Waals surface area contributed by atoms with E-state index in [1.165, 1.54) is 224 Å². The third-order valence-electron chi connectivity index (χ3n) is 27.3. The van der Waals surface area contributed by atoms with Crippen molar-refractivity contribution in [3.05, 3.63) is 516 Å². The molecule has 3 nitrogen and oxygen atoms in total. The van der Waals surface area contributed by atoms with Gasteiger partial charge in [-0.05, 0) is 140 Å². The predicted octanol–water partition coefficient (Wildman–Crippen LogP) is 40.9. The molecular formula is C134H85NO2S5. The van der Waals surface area contributed by atoms with Gasteiger partial charge in [-0.2, -0.15) is 0 Å². The number of aromatic nitrogens is 1. The number of para-hydroxylation sites is 4. The molecule has 0 unspecified atom stereocenters. The lowest BCUT2D eigenvalue weighted by Gasteiger charge is -2.13. The number of hydrogen-bond donors (Lipinski definition) is 0. The molecule has 0 radical (unpaired) electrons. The van der Waals surface area contributed by atoms with Gasteiger partial charge in [0, 0.05) is 163 Å². The molecule has 21 aromatic carbocycles. The van der Waals surface area contributed by atoms with Crippen LogP contribution in [0.1, 0.15) is 0 Å². The van der Waals surface area contributed by atoms with Gasteiger partial charge in [-0.25, -0.2) is 0 Å². The molecule has 8 aromatic heterocycles. The van der Waals surface area contributed by atoms with Crippen LogP contribution in [0, 0.1) is 0 Å². The second-order valence-electron chi connectivity index (χ2n) is 35.6. The fourth-order valence-electron chi connectivity index (χ4n) is 21.0. The molecule has 668 valence electrons. The summed E-state index contributed by atoms with van der Waals surface area (Å²) >= 11 is 9.46. The molecule has 0 aliphatic carbocycles. The second-order valence-corrected chi connectivity index (χ2v) is 40.8. The average molecular weight is 1900 g/mol.